The number of azide groups is 1. The quantitative estimate of drug-likeness (QED) is 0.368. The fourth-order valence-corrected chi connectivity index (χ4v) is 2.50. The highest BCUT2D eigenvalue weighted by Crippen LogP contribution is 2.26. The van der Waals surface area contributed by atoms with Crippen molar-refractivity contribution in [2.24, 2.45) is 5.11 Å². The third-order valence-corrected chi connectivity index (χ3v) is 3.65. The molecule has 10 heteroatoms. The average Bonchev–Trinajstić information content (AvgIpc) is 2.98. The molecule has 22 heavy (non-hydrogen) atoms. The van der Waals surface area contributed by atoms with E-state index >= 15 is 0 Å². The molecule has 0 aromatic carbocycles. The van der Waals surface area contributed by atoms with Gasteiger partial charge in [-0.15, -0.1) is 0 Å². The maximum absolute atomic E-state index is 10.2. The number of aliphatic hydroxyl groups is 2. The monoisotopic (exact) mass is 305 g/mol. The second kappa shape index (κ2) is 5.78. The van der Waals surface area contributed by atoms with Crippen molar-refractivity contribution in [2.45, 2.75) is 37.5 Å². The molecule has 1 saturated heterocycles. The van der Waals surface area contributed by atoms with Crippen LogP contribution in [-0.2, 0) is 4.74 Å². The van der Waals surface area contributed by atoms with E-state index in [2.05, 4.69) is 30.3 Å². The molecule has 0 bridgehead atoms. The standard InChI is InChI=1S/C12H15N7O3/c1-5-7(18-19-13)9(20)10(21)12(22-5)17-11-8-6(2-3-14-11)15-4-16-8/h2-5,7,9-10,12,20-21H,1H3,(H,14,17)(H,15,16)/t5-,7-,9+,10+,12-/m0/s1. The maximum atomic E-state index is 10.2. The first-order valence-corrected chi connectivity index (χ1v) is 6.72. The Morgan fingerprint density at radius 3 is 3.00 bits per heavy atom. The summed E-state index contributed by atoms with van der Waals surface area (Å²) in [5.41, 5.74) is 9.88. The normalized spacial score (nSPS) is 31.7. The number of aromatic amines is 1. The Morgan fingerprint density at radius 2 is 2.23 bits per heavy atom. The van der Waals surface area contributed by atoms with Gasteiger partial charge in [0.2, 0.25) is 0 Å². The lowest BCUT2D eigenvalue weighted by Crippen LogP contribution is -2.58. The van der Waals surface area contributed by atoms with Gasteiger partial charge in [-0.2, -0.15) is 0 Å². The number of nitrogens with one attached hydrogen (secondary N) is 2. The molecular formula is C12H15N7O3. The number of ether oxygens (including phenoxy) is 1. The second-order valence-corrected chi connectivity index (χ2v) is 5.04. The molecule has 10 nitrogen and oxygen atoms in total. The van der Waals surface area contributed by atoms with Crippen LogP contribution < -0.4 is 5.32 Å². The van der Waals surface area contributed by atoms with Gasteiger partial charge < -0.3 is 25.3 Å². The van der Waals surface area contributed by atoms with Crippen molar-refractivity contribution >= 4 is 16.9 Å². The highest BCUT2D eigenvalue weighted by Gasteiger charge is 2.42. The third kappa shape index (κ3) is 2.44. The van der Waals surface area contributed by atoms with Crippen LogP contribution in [-0.4, -0.2) is 55.7 Å². The summed E-state index contributed by atoms with van der Waals surface area (Å²) in [6.07, 6.45) is -0.862. The summed E-state index contributed by atoms with van der Waals surface area (Å²) in [5, 5.41) is 26.6. The van der Waals surface area contributed by atoms with Crippen LogP contribution in [0.3, 0.4) is 0 Å². The minimum absolute atomic E-state index is 0.421. The number of pyridine rings is 1. The zero-order valence-electron chi connectivity index (χ0n) is 11.7. The Kier molecular flexibility index (Phi) is 3.82. The molecule has 3 rings (SSSR count). The predicted octanol–water partition coefficient (Wildman–Crippen LogP) is 0.515. The van der Waals surface area contributed by atoms with E-state index in [0.717, 1.165) is 5.52 Å². The summed E-state index contributed by atoms with van der Waals surface area (Å²) >= 11 is 0. The van der Waals surface area contributed by atoms with Gasteiger partial charge in [0.05, 0.1) is 30.1 Å². The number of aromatic nitrogens is 3. The van der Waals surface area contributed by atoms with Crippen molar-refractivity contribution in [1.29, 1.82) is 0 Å². The minimum Gasteiger partial charge on any atom is -0.390 e. The number of fused-ring (bicyclic) bond motifs is 1. The fourth-order valence-electron chi connectivity index (χ4n) is 2.50. The smallest absolute Gasteiger partial charge is 0.158 e. The van der Waals surface area contributed by atoms with E-state index in [1.54, 1.807) is 19.2 Å². The molecule has 0 aliphatic carbocycles. The Bertz CT molecular complexity index is 714. The first-order valence-electron chi connectivity index (χ1n) is 6.72. The van der Waals surface area contributed by atoms with Crippen LogP contribution in [0.1, 0.15) is 6.92 Å². The zero-order valence-corrected chi connectivity index (χ0v) is 11.7. The molecule has 5 atom stereocenters. The van der Waals surface area contributed by atoms with Crippen LogP contribution in [0.25, 0.3) is 21.5 Å². The fraction of sp³-hybridized carbons (Fsp3) is 0.500. The molecule has 116 valence electrons. The molecule has 1 aliphatic heterocycles. The highest BCUT2D eigenvalue weighted by molar-refractivity contribution is 5.85. The highest BCUT2D eigenvalue weighted by atomic mass is 16.5. The summed E-state index contributed by atoms with van der Waals surface area (Å²) in [5.74, 6) is 0.421. The number of nitrogens with zero attached hydrogens (tertiary/aromatic N) is 5. The van der Waals surface area contributed by atoms with Gasteiger partial charge >= 0.3 is 0 Å². The van der Waals surface area contributed by atoms with Crippen LogP contribution in [0.5, 0.6) is 0 Å². The number of aliphatic hydroxyl groups excluding tert-OH is 2. The number of rotatable bonds is 3. The predicted molar refractivity (Wildman–Crippen MR) is 76.8 cm³/mol. The maximum Gasteiger partial charge on any atom is 0.158 e. The molecule has 4 N–H and O–H groups in total. The SMILES string of the molecule is C[C@@H]1O[C@H](Nc2nccc3[nH]cnc23)[C@H](O)[C@H](O)[C@H]1N=[N+]=[N-]. The lowest BCUT2D eigenvalue weighted by atomic mass is 9.97. The summed E-state index contributed by atoms with van der Waals surface area (Å²) in [7, 11) is 0. The molecule has 1 aliphatic rings. The summed E-state index contributed by atoms with van der Waals surface area (Å²) < 4.78 is 5.60. The molecule has 0 spiro atoms. The first-order chi connectivity index (χ1) is 10.6. The number of H-pyrrole nitrogens is 1. The van der Waals surface area contributed by atoms with E-state index in [0.29, 0.717) is 11.3 Å². The van der Waals surface area contributed by atoms with E-state index in [1.165, 1.54) is 6.33 Å². The van der Waals surface area contributed by atoms with Gasteiger partial charge in [0.25, 0.3) is 0 Å². The first kappa shape index (κ1) is 14.5. The number of anilines is 1. The average molecular weight is 305 g/mol. The van der Waals surface area contributed by atoms with E-state index in [-0.39, 0.29) is 0 Å². The summed E-state index contributed by atoms with van der Waals surface area (Å²) in [6, 6.07) is 0.910. The Morgan fingerprint density at radius 1 is 1.41 bits per heavy atom. The van der Waals surface area contributed by atoms with Crippen LogP contribution in [0.15, 0.2) is 23.7 Å². The second-order valence-electron chi connectivity index (χ2n) is 5.04. The summed E-state index contributed by atoms with van der Waals surface area (Å²) in [4.78, 5) is 13.9. The van der Waals surface area contributed by atoms with Gasteiger partial charge in [0, 0.05) is 11.1 Å². The van der Waals surface area contributed by atoms with Gasteiger partial charge in [-0.05, 0) is 18.5 Å². The third-order valence-electron chi connectivity index (χ3n) is 3.65. The van der Waals surface area contributed by atoms with E-state index in [4.69, 9.17) is 10.3 Å². The van der Waals surface area contributed by atoms with Crippen molar-refractivity contribution in [1.82, 2.24) is 15.0 Å². The van der Waals surface area contributed by atoms with Crippen LogP contribution in [0.2, 0.25) is 0 Å². The Hall–Kier alpha value is -2.39. The molecule has 2 aromatic heterocycles. The molecule has 0 saturated carbocycles. The lowest BCUT2D eigenvalue weighted by molar-refractivity contribution is -0.163. The minimum atomic E-state index is -1.28. The molecule has 0 amide bonds. The largest absolute Gasteiger partial charge is 0.390 e. The van der Waals surface area contributed by atoms with Gasteiger partial charge in [0.15, 0.2) is 12.0 Å². The molecule has 1 fully saturated rings. The molecule has 2 aromatic rings. The lowest BCUT2D eigenvalue weighted by Gasteiger charge is -2.40. The topological polar surface area (TPSA) is 152 Å². The zero-order chi connectivity index (χ0) is 15.7. The molecule has 3 heterocycles. The van der Waals surface area contributed by atoms with Gasteiger partial charge in [0.1, 0.15) is 11.6 Å². The Labute approximate surface area is 124 Å². The number of hydrogen-bond acceptors (Lipinski definition) is 7. The van der Waals surface area contributed by atoms with Crippen molar-refractivity contribution in [3.05, 3.63) is 29.0 Å². The van der Waals surface area contributed by atoms with Crippen LogP contribution in [0, 0.1) is 0 Å². The van der Waals surface area contributed by atoms with Gasteiger partial charge in [-0.3, -0.25) is 0 Å². The van der Waals surface area contributed by atoms with Crippen molar-refractivity contribution < 1.29 is 14.9 Å². The number of imidazole rings is 1. The summed E-state index contributed by atoms with van der Waals surface area (Å²) in [6.45, 7) is 1.66. The van der Waals surface area contributed by atoms with Crippen LogP contribution in [0.4, 0.5) is 5.82 Å². The molecular weight excluding hydrogens is 290 g/mol. The molecule has 0 unspecified atom stereocenters. The van der Waals surface area contributed by atoms with E-state index in [1.807, 2.05) is 0 Å². The number of hydrogen-bond donors (Lipinski definition) is 4. The Balaban J connectivity index is 1.84. The van der Waals surface area contributed by atoms with Crippen LogP contribution >= 0.6 is 0 Å². The van der Waals surface area contributed by atoms with E-state index < -0.39 is 30.6 Å². The molecule has 0 radical (unpaired) electrons. The van der Waals surface area contributed by atoms with Gasteiger partial charge in [-0.25, -0.2) is 9.97 Å². The van der Waals surface area contributed by atoms with Crippen molar-refractivity contribution in [3.8, 4) is 0 Å². The van der Waals surface area contributed by atoms with Crippen molar-refractivity contribution in [3.63, 3.8) is 0 Å². The van der Waals surface area contributed by atoms with Crippen molar-refractivity contribution in [2.75, 3.05) is 5.32 Å². The van der Waals surface area contributed by atoms with Gasteiger partial charge in [-0.1, -0.05) is 5.11 Å². The van der Waals surface area contributed by atoms with E-state index in [9.17, 15) is 10.2 Å².